The molecular formula is C17H17FN2O. The van der Waals surface area contributed by atoms with Gasteiger partial charge in [0.25, 0.3) is 0 Å². The van der Waals surface area contributed by atoms with Gasteiger partial charge in [0.15, 0.2) is 0 Å². The van der Waals surface area contributed by atoms with E-state index in [-0.39, 0.29) is 23.8 Å². The molecule has 1 aliphatic heterocycles. The predicted molar refractivity (Wildman–Crippen MR) is 80.5 cm³/mol. The Morgan fingerprint density at radius 2 is 1.90 bits per heavy atom. The highest BCUT2D eigenvalue weighted by atomic mass is 19.1. The Bertz CT molecular complexity index is 682. The SMILES string of the molecule is Cc1ccc2c(c1)C(NC(C)c1ccc(F)cc1)C(=O)N2. The van der Waals surface area contributed by atoms with Crippen LogP contribution < -0.4 is 10.6 Å². The average Bonchev–Trinajstić information content (AvgIpc) is 2.76. The lowest BCUT2D eigenvalue weighted by Crippen LogP contribution is -2.29. The Kier molecular flexibility index (Phi) is 3.47. The Balaban J connectivity index is 1.83. The summed E-state index contributed by atoms with van der Waals surface area (Å²) in [4.78, 5) is 12.1. The van der Waals surface area contributed by atoms with Gasteiger partial charge in [0, 0.05) is 17.3 Å². The van der Waals surface area contributed by atoms with Gasteiger partial charge < -0.3 is 5.32 Å². The topological polar surface area (TPSA) is 41.1 Å². The number of aryl methyl sites for hydroxylation is 1. The molecule has 0 spiro atoms. The number of nitrogens with one attached hydrogen (secondary N) is 2. The molecule has 2 aromatic carbocycles. The van der Waals surface area contributed by atoms with Crippen molar-refractivity contribution >= 4 is 11.6 Å². The maximum absolute atomic E-state index is 13.0. The molecule has 0 saturated carbocycles. The third-order valence-corrected chi connectivity index (χ3v) is 3.82. The van der Waals surface area contributed by atoms with Crippen LogP contribution in [0.3, 0.4) is 0 Å². The van der Waals surface area contributed by atoms with E-state index in [2.05, 4.69) is 10.6 Å². The largest absolute Gasteiger partial charge is 0.324 e. The number of halogens is 1. The molecule has 21 heavy (non-hydrogen) atoms. The molecule has 0 bridgehead atoms. The fraction of sp³-hybridized carbons (Fsp3) is 0.235. The molecule has 2 atom stereocenters. The minimum atomic E-state index is -0.375. The Hall–Kier alpha value is -2.20. The number of anilines is 1. The van der Waals surface area contributed by atoms with Crippen molar-refractivity contribution in [2.75, 3.05) is 5.32 Å². The van der Waals surface area contributed by atoms with Crippen LogP contribution in [0.25, 0.3) is 0 Å². The van der Waals surface area contributed by atoms with Gasteiger partial charge in [-0.05, 0) is 37.6 Å². The number of amides is 1. The standard InChI is InChI=1S/C17H17FN2O/c1-10-3-8-15-14(9-10)16(17(21)20-15)19-11(2)12-4-6-13(18)7-5-12/h3-9,11,16,19H,1-2H3,(H,20,21). The van der Waals surface area contributed by atoms with Crippen LogP contribution in [0.5, 0.6) is 0 Å². The van der Waals surface area contributed by atoms with Crippen molar-refractivity contribution in [1.29, 1.82) is 0 Å². The number of hydrogen-bond donors (Lipinski definition) is 2. The lowest BCUT2D eigenvalue weighted by atomic mass is 10.0. The molecule has 3 rings (SSSR count). The van der Waals surface area contributed by atoms with Crippen LogP contribution in [0, 0.1) is 12.7 Å². The lowest BCUT2D eigenvalue weighted by Gasteiger charge is -2.19. The van der Waals surface area contributed by atoms with Crippen LogP contribution in [0.1, 0.15) is 35.7 Å². The van der Waals surface area contributed by atoms with Crippen LogP contribution in [-0.4, -0.2) is 5.91 Å². The molecule has 108 valence electrons. The molecule has 0 aliphatic carbocycles. The molecule has 0 saturated heterocycles. The number of hydrogen-bond acceptors (Lipinski definition) is 2. The first-order valence-corrected chi connectivity index (χ1v) is 6.97. The first-order chi connectivity index (χ1) is 10.0. The highest BCUT2D eigenvalue weighted by Gasteiger charge is 2.31. The van der Waals surface area contributed by atoms with Gasteiger partial charge in [0.1, 0.15) is 11.9 Å². The summed E-state index contributed by atoms with van der Waals surface area (Å²) in [6.45, 7) is 3.97. The van der Waals surface area contributed by atoms with Crippen LogP contribution in [0.15, 0.2) is 42.5 Å². The number of fused-ring (bicyclic) bond motifs is 1. The van der Waals surface area contributed by atoms with E-state index in [1.54, 1.807) is 12.1 Å². The van der Waals surface area contributed by atoms with Gasteiger partial charge in [-0.3, -0.25) is 10.1 Å². The van der Waals surface area contributed by atoms with E-state index in [4.69, 9.17) is 0 Å². The maximum Gasteiger partial charge on any atom is 0.246 e. The van der Waals surface area contributed by atoms with Crippen LogP contribution in [0.4, 0.5) is 10.1 Å². The van der Waals surface area contributed by atoms with E-state index in [0.717, 1.165) is 22.4 Å². The summed E-state index contributed by atoms with van der Waals surface area (Å²) in [7, 11) is 0. The molecule has 0 aromatic heterocycles. The van der Waals surface area contributed by atoms with Gasteiger partial charge in [-0.2, -0.15) is 0 Å². The number of carbonyl (C=O) groups is 1. The molecule has 3 nitrogen and oxygen atoms in total. The minimum Gasteiger partial charge on any atom is -0.324 e. The summed E-state index contributed by atoms with van der Waals surface area (Å²) in [5, 5.41) is 6.19. The van der Waals surface area contributed by atoms with Crippen molar-refractivity contribution in [3.8, 4) is 0 Å². The lowest BCUT2D eigenvalue weighted by molar-refractivity contribution is -0.117. The van der Waals surface area contributed by atoms with Crippen molar-refractivity contribution in [2.45, 2.75) is 25.9 Å². The fourth-order valence-electron chi connectivity index (χ4n) is 2.64. The molecule has 1 heterocycles. The average molecular weight is 284 g/mol. The molecule has 1 amide bonds. The number of carbonyl (C=O) groups excluding carboxylic acids is 1. The summed E-state index contributed by atoms with van der Waals surface area (Å²) in [5.41, 5.74) is 3.89. The monoisotopic (exact) mass is 284 g/mol. The second kappa shape index (κ2) is 5.30. The van der Waals surface area contributed by atoms with Crippen molar-refractivity contribution in [2.24, 2.45) is 0 Å². The summed E-state index contributed by atoms with van der Waals surface area (Å²) >= 11 is 0. The zero-order valence-corrected chi connectivity index (χ0v) is 12.0. The zero-order valence-electron chi connectivity index (χ0n) is 12.0. The molecular weight excluding hydrogens is 267 g/mol. The number of rotatable bonds is 3. The quantitative estimate of drug-likeness (QED) is 0.906. The molecule has 0 fully saturated rings. The minimum absolute atomic E-state index is 0.0483. The van der Waals surface area contributed by atoms with E-state index >= 15 is 0 Å². The van der Waals surface area contributed by atoms with Crippen molar-refractivity contribution in [3.05, 3.63) is 65.0 Å². The van der Waals surface area contributed by atoms with Gasteiger partial charge in [-0.15, -0.1) is 0 Å². The Labute approximate surface area is 123 Å². The third-order valence-electron chi connectivity index (χ3n) is 3.82. The van der Waals surface area contributed by atoms with E-state index < -0.39 is 0 Å². The third kappa shape index (κ3) is 2.67. The smallest absolute Gasteiger partial charge is 0.246 e. The van der Waals surface area contributed by atoms with Crippen LogP contribution in [0.2, 0.25) is 0 Å². The van der Waals surface area contributed by atoms with Gasteiger partial charge in [0.05, 0.1) is 0 Å². The Morgan fingerprint density at radius 1 is 1.19 bits per heavy atom. The summed E-state index contributed by atoms with van der Waals surface area (Å²) in [6, 6.07) is 11.8. The second-order valence-electron chi connectivity index (χ2n) is 5.45. The zero-order chi connectivity index (χ0) is 15.0. The van der Waals surface area contributed by atoms with E-state index in [1.165, 1.54) is 12.1 Å². The van der Waals surface area contributed by atoms with Crippen molar-refractivity contribution in [1.82, 2.24) is 5.32 Å². The van der Waals surface area contributed by atoms with E-state index in [9.17, 15) is 9.18 Å². The predicted octanol–water partition coefficient (Wildman–Crippen LogP) is 3.48. The van der Waals surface area contributed by atoms with E-state index in [1.807, 2.05) is 32.0 Å². The van der Waals surface area contributed by atoms with E-state index in [0.29, 0.717) is 0 Å². The number of benzene rings is 2. The fourth-order valence-corrected chi connectivity index (χ4v) is 2.64. The second-order valence-corrected chi connectivity index (χ2v) is 5.45. The molecule has 2 N–H and O–H groups in total. The highest BCUT2D eigenvalue weighted by molar-refractivity contribution is 6.02. The summed E-state index contributed by atoms with van der Waals surface area (Å²) in [6.07, 6.45) is 0. The first kappa shape index (κ1) is 13.8. The summed E-state index contributed by atoms with van der Waals surface area (Å²) < 4.78 is 13.0. The van der Waals surface area contributed by atoms with Gasteiger partial charge >= 0.3 is 0 Å². The van der Waals surface area contributed by atoms with Crippen molar-refractivity contribution in [3.63, 3.8) is 0 Å². The normalized spacial score (nSPS) is 18.2. The molecule has 2 aromatic rings. The summed E-state index contributed by atoms with van der Waals surface area (Å²) in [5.74, 6) is -0.310. The Morgan fingerprint density at radius 3 is 2.62 bits per heavy atom. The first-order valence-electron chi connectivity index (χ1n) is 6.97. The van der Waals surface area contributed by atoms with Crippen LogP contribution >= 0.6 is 0 Å². The van der Waals surface area contributed by atoms with Gasteiger partial charge in [-0.1, -0.05) is 29.8 Å². The van der Waals surface area contributed by atoms with Gasteiger partial charge in [0.2, 0.25) is 5.91 Å². The molecule has 0 radical (unpaired) electrons. The molecule has 2 unspecified atom stereocenters. The van der Waals surface area contributed by atoms with Crippen molar-refractivity contribution < 1.29 is 9.18 Å². The van der Waals surface area contributed by atoms with Crippen LogP contribution in [-0.2, 0) is 4.79 Å². The maximum atomic E-state index is 13.0. The molecule has 4 heteroatoms. The highest BCUT2D eigenvalue weighted by Crippen LogP contribution is 2.33. The van der Waals surface area contributed by atoms with Gasteiger partial charge in [-0.25, -0.2) is 4.39 Å². The molecule has 1 aliphatic rings.